The van der Waals surface area contributed by atoms with Crippen LogP contribution in [0.1, 0.15) is 6.42 Å². The fourth-order valence-corrected chi connectivity index (χ4v) is 5.20. The van der Waals surface area contributed by atoms with Crippen LogP contribution in [-0.4, -0.2) is 135 Å². The maximum Gasteiger partial charge on any atom is 0.328 e. The van der Waals surface area contributed by atoms with Crippen LogP contribution in [0, 0.1) is 0 Å². The Bertz CT molecular complexity index is 1460. The molecule has 0 radical (unpaired) electrons. The number of carboxylic acids is 6. The lowest BCUT2D eigenvalue weighted by Crippen LogP contribution is -2.46. The summed E-state index contributed by atoms with van der Waals surface area (Å²) in [6.07, 6.45) is 3.84. The minimum Gasteiger partial charge on any atom is -0.478 e. The van der Waals surface area contributed by atoms with E-state index in [1.165, 1.54) is 0 Å². The van der Waals surface area contributed by atoms with Gasteiger partial charge in [0.15, 0.2) is 0 Å². The van der Waals surface area contributed by atoms with Gasteiger partial charge in [-0.05, 0) is 31.3 Å². The Morgan fingerprint density at radius 1 is 0.596 bits per heavy atom. The van der Waals surface area contributed by atoms with Crippen molar-refractivity contribution in [2.24, 2.45) is 0 Å². The lowest BCUT2D eigenvalue weighted by molar-refractivity contribution is -0.134. The maximum atomic E-state index is 13.1. The summed E-state index contributed by atoms with van der Waals surface area (Å²) in [5.41, 5.74) is 1.99. The van der Waals surface area contributed by atoms with Crippen LogP contribution in [0.25, 0.3) is 0 Å². The molecule has 0 spiro atoms. The van der Waals surface area contributed by atoms with Crippen molar-refractivity contribution >= 4 is 64.9 Å². The van der Waals surface area contributed by atoms with Gasteiger partial charge in [0.25, 0.3) is 0 Å². The molecule has 280 valence electrons. The molecule has 52 heavy (non-hydrogen) atoms. The minimum absolute atomic E-state index is 0.146. The standard InChI is InChI=1S/C22H28N4OS.3C4H4O4/c1-24-14-16-25(17-15-24)13-12-23-11-10-22(27)26-18-6-2-4-8-20(18)28-21-9-5-3-7-19(21)26;3*5-3(6)1-2-4(7)8/h2-9,23H,10-17H2,1H3;3*1-2H,(H,5,6)(H,7,8)/b;3*2-1-. The molecule has 0 atom stereocenters. The summed E-state index contributed by atoms with van der Waals surface area (Å²) < 4.78 is 0. The molecule has 0 bridgehead atoms. The van der Waals surface area contributed by atoms with Crippen LogP contribution < -0.4 is 10.2 Å². The van der Waals surface area contributed by atoms with Crippen molar-refractivity contribution in [1.29, 1.82) is 0 Å². The van der Waals surface area contributed by atoms with Crippen molar-refractivity contribution in [1.82, 2.24) is 15.1 Å². The highest BCUT2D eigenvalue weighted by Gasteiger charge is 2.27. The molecule has 4 rings (SSSR count). The van der Waals surface area contributed by atoms with Crippen LogP contribution in [0.2, 0.25) is 0 Å². The first kappa shape index (κ1) is 44.2. The maximum absolute atomic E-state index is 13.1. The fraction of sp³-hybridized carbons (Fsp3) is 0.265. The Balaban J connectivity index is 0.000000460. The van der Waals surface area contributed by atoms with Crippen molar-refractivity contribution < 1.29 is 64.2 Å². The number of hydrogen-bond donors (Lipinski definition) is 7. The predicted molar refractivity (Wildman–Crippen MR) is 189 cm³/mol. The number of nitrogens with one attached hydrogen (secondary N) is 1. The van der Waals surface area contributed by atoms with Crippen LogP contribution in [0.4, 0.5) is 11.4 Å². The molecule has 2 aromatic carbocycles. The molecule has 1 fully saturated rings. The SMILES string of the molecule is CN1CCN(CCNCCC(=O)N2c3ccccc3Sc3ccccc32)CC1.O=C(O)/C=C\C(=O)O.O=C(O)/C=C\C(=O)O.O=C(O)/C=C\C(=O)O. The number of carbonyl (C=O) groups is 7. The van der Waals surface area contributed by atoms with Crippen molar-refractivity contribution in [2.45, 2.75) is 16.2 Å². The molecule has 18 heteroatoms. The van der Waals surface area contributed by atoms with Gasteiger partial charge in [-0.15, -0.1) is 0 Å². The van der Waals surface area contributed by atoms with Crippen molar-refractivity contribution in [3.8, 4) is 0 Å². The topological polar surface area (TPSA) is 263 Å². The van der Waals surface area contributed by atoms with Crippen LogP contribution >= 0.6 is 11.8 Å². The summed E-state index contributed by atoms with van der Waals surface area (Å²) in [5.74, 6) is -7.40. The molecule has 0 unspecified atom stereocenters. The van der Waals surface area contributed by atoms with E-state index in [9.17, 15) is 33.6 Å². The third-order valence-electron chi connectivity index (χ3n) is 6.50. The van der Waals surface area contributed by atoms with E-state index in [4.69, 9.17) is 30.6 Å². The second-order valence-corrected chi connectivity index (χ2v) is 11.5. The Morgan fingerprint density at radius 3 is 1.33 bits per heavy atom. The van der Waals surface area contributed by atoms with Crippen LogP contribution in [0.3, 0.4) is 0 Å². The number of fused-ring (bicyclic) bond motifs is 2. The van der Waals surface area contributed by atoms with E-state index in [0.717, 1.165) is 60.4 Å². The first-order valence-electron chi connectivity index (χ1n) is 15.3. The number of likely N-dealkylation sites (N-methyl/N-ethyl adjacent to an activating group) is 1. The molecule has 0 aliphatic carbocycles. The van der Waals surface area contributed by atoms with Gasteiger partial charge in [0.05, 0.1) is 11.4 Å². The zero-order valence-corrected chi connectivity index (χ0v) is 28.8. The Labute approximate surface area is 302 Å². The number of para-hydroxylation sites is 2. The van der Waals surface area contributed by atoms with Crippen molar-refractivity contribution in [2.75, 3.05) is 57.8 Å². The summed E-state index contributed by atoms with van der Waals surface area (Å²) in [6.45, 7) is 7.25. The molecule has 2 aliphatic heterocycles. The van der Waals surface area contributed by atoms with Gasteiger partial charge in [-0.1, -0.05) is 36.0 Å². The van der Waals surface area contributed by atoms with E-state index >= 15 is 0 Å². The number of aliphatic carboxylic acids is 6. The number of hydrogen-bond acceptors (Lipinski definition) is 11. The molecule has 17 nitrogen and oxygen atoms in total. The van der Waals surface area contributed by atoms with Gasteiger partial charge in [0, 0.05) is 98.5 Å². The molecule has 7 N–H and O–H groups in total. The van der Waals surface area contributed by atoms with Crippen LogP contribution in [-0.2, 0) is 33.6 Å². The van der Waals surface area contributed by atoms with Gasteiger partial charge in [0.1, 0.15) is 0 Å². The van der Waals surface area contributed by atoms with E-state index in [1.807, 2.05) is 41.3 Å². The van der Waals surface area contributed by atoms with Gasteiger partial charge in [-0.2, -0.15) is 0 Å². The molecular formula is C34H40N4O13S. The largest absolute Gasteiger partial charge is 0.478 e. The number of benzene rings is 2. The Hall–Kier alpha value is -5.82. The molecule has 0 saturated carbocycles. The number of rotatable bonds is 12. The average molecular weight is 745 g/mol. The van der Waals surface area contributed by atoms with Crippen molar-refractivity contribution in [3.63, 3.8) is 0 Å². The van der Waals surface area contributed by atoms with Gasteiger partial charge >= 0.3 is 35.8 Å². The molecular weight excluding hydrogens is 704 g/mol. The van der Waals surface area contributed by atoms with Crippen molar-refractivity contribution in [3.05, 3.63) is 85.0 Å². The molecule has 2 aromatic rings. The highest BCUT2D eigenvalue weighted by atomic mass is 32.2. The Morgan fingerprint density at radius 2 is 0.962 bits per heavy atom. The molecule has 1 saturated heterocycles. The number of nitrogens with zero attached hydrogens (tertiary/aromatic N) is 3. The van der Waals surface area contributed by atoms with E-state index in [1.54, 1.807) is 11.8 Å². The highest BCUT2D eigenvalue weighted by Crippen LogP contribution is 2.47. The fourth-order valence-electron chi connectivity index (χ4n) is 4.14. The summed E-state index contributed by atoms with van der Waals surface area (Å²) in [6, 6.07) is 16.3. The quantitative estimate of drug-likeness (QED) is 0.121. The van der Waals surface area contributed by atoms with Gasteiger partial charge in [0.2, 0.25) is 5.91 Å². The second-order valence-electron chi connectivity index (χ2n) is 10.4. The summed E-state index contributed by atoms with van der Waals surface area (Å²) in [7, 11) is 2.18. The zero-order valence-electron chi connectivity index (χ0n) is 28.0. The molecule has 0 aromatic heterocycles. The highest BCUT2D eigenvalue weighted by molar-refractivity contribution is 7.99. The van der Waals surface area contributed by atoms with Gasteiger partial charge in [-0.25, -0.2) is 28.8 Å². The predicted octanol–water partition coefficient (Wildman–Crippen LogP) is 2.18. The first-order valence-corrected chi connectivity index (χ1v) is 16.1. The number of carbonyl (C=O) groups excluding carboxylic acids is 1. The number of piperazine rings is 1. The Kier molecular flexibility index (Phi) is 20.7. The van der Waals surface area contributed by atoms with Gasteiger partial charge < -0.3 is 40.9 Å². The third kappa shape index (κ3) is 19.4. The lowest BCUT2D eigenvalue weighted by Gasteiger charge is -2.32. The number of carboxylic acid groups (broad SMARTS) is 6. The molecule has 2 aliphatic rings. The summed E-state index contributed by atoms with van der Waals surface area (Å²) in [4.78, 5) is 79.4. The first-order chi connectivity index (χ1) is 24.6. The average Bonchev–Trinajstić information content (AvgIpc) is 3.09. The lowest BCUT2D eigenvalue weighted by atomic mass is 10.2. The third-order valence-corrected chi connectivity index (χ3v) is 7.63. The monoisotopic (exact) mass is 744 g/mol. The van der Waals surface area contributed by atoms with Gasteiger partial charge in [-0.3, -0.25) is 14.6 Å². The van der Waals surface area contributed by atoms with Crippen LogP contribution in [0.15, 0.2) is 94.8 Å². The zero-order chi connectivity index (χ0) is 39.1. The molecule has 1 amide bonds. The van der Waals surface area contributed by atoms with E-state index in [0.29, 0.717) is 49.4 Å². The summed E-state index contributed by atoms with van der Waals surface area (Å²) in [5, 5.41) is 50.3. The smallest absolute Gasteiger partial charge is 0.328 e. The second kappa shape index (κ2) is 24.3. The van der Waals surface area contributed by atoms with E-state index in [-0.39, 0.29) is 5.91 Å². The van der Waals surface area contributed by atoms with E-state index < -0.39 is 35.8 Å². The number of amides is 1. The van der Waals surface area contributed by atoms with Crippen LogP contribution in [0.5, 0.6) is 0 Å². The number of anilines is 2. The van der Waals surface area contributed by atoms with E-state index in [2.05, 4.69) is 34.3 Å². The summed E-state index contributed by atoms with van der Waals surface area (Å²) >= 11 is 1.73. The normalized spacial score (nSPS) is 13.7. The minimum atomic E-state index is -1.26. The molecule has 2 heterocycles.